The van der Waals surface area contributed by atoms with Crippen molar-refractivity contribution in [3.8, 4) is 0 Å². The number of para-hydroxylation sites is 1. The largest absolute Gasteiger partial charge is 0.415 e. The number of benzene rings is 1. The molecule has 1 unspecified atom stereocenters. The van der Waals surface area contributed by atoms with Gasteiger partial charge in [0.2, 0.25) is 5.91 Å². The zero-order valence-corrected chi connectivity index (χ0v) is 11.8. The monoisotopic (exact) mass is 321 g/mol. The van der Waals surface area contributed by atoms with E-state index in [9.17, 15) is 22.8 Å². The van der Waals surface area contributed by atoms with Crippen molar-refractivity contribution in [1.82, 2.24) is 0 Å². The summed E-state index contributed by atoms with van der Waals surface area (Å²) >= 11 is 1.00. The highest BCUT2D eigenvalue weighted by molar-refractivity contribution is 8.00. The Morgan fingerprint density at radius 2 is 1.86 bits per heavy atom. The van der Waals surface area contributed by atoms with Crippen LogP contribution in [0.1, 0.15) is 6.92 Å². The molecule has 0 saturated carbocycles. The van der Waals surface area contributed by atoms with E-state index in [-0.39, 0.29) is 11.4 Å². The first-order chi connectivity index (χ1) is 9.55. The first-order valence-electron chi connectivity index (χ1n) is 5.73. The van der Waals surface area contributed by atoms with Crippen LogP contribution in [0.2, 0.25) is 0 Å². The Kier molecular flexibility index (Phi) is 5.24. The third-order valence-corrected chi connectivity index (χ3v) is 3.66. The number of carbonyl (C=O) groups is 2. The molecule has 21 heavy (non-hydrogen) atoms. The van der Waals surface area contributed by atoms with Gasteiger partial charge in [0, 0.05) is 4.90 Å². The second kappa shape index (κ2) is 6.35. The Balaban J connectivity index is 2.93. The van der Waals surface area contributed by atoms with Crippen LogP contribution in [0.4, 0.5) is 18.9 Å². The molecule has 0 bridgehead atoms. The zero-order valence-electron chi connectivity index (χ0n) is 11.0. The molecule has 0 aromatic heterocycles. The molecule has 0 spiro atoms. The summed E-state index contributed by atoms with van der Waals surface area (Å²) in [6, 6.07) is 6.11. The molecule has 9 heteroatoms. The van der Waals surface area contributed by atoms with Crippen LogP contribution < -0.4 is 16.8 Å². The van der Waals surface area contributed by atoms with E-state index in [0.717, 1.165) is 11.8 Å². The van der Waals surface area contributed by atoms with Gasteiger partial charge in [0.15, 0.2) is 5.54 Å². The van der Waals surface area contributed by atoms with Crippen LogP contribution in [0, 0.1) is 0 Å². The van der Waals surface area contributed by atoms with Gasteiger partial charge in [0.1, 0.15) is 0 Å². The van der Waals surface area contributed by atoms with Gasteiger partial charge in [0.25, 0.3) is 5.91 Å². The van der Waals surface area contributed by atoms with Crippen LogP contribution in [0.3, 0.4) is 0 Å². The van der Waals surface area contributed by atoms with Crippen molar-refractivity contribution in [3.63, 3.8) is 0 Å². The fourth-order valence-electron chi connectivity index (χ4n) is 1.23. The first kappa shape index (κ1) is 17.3. The smallest absolute Gasteiger partial charge is 0.369 e. The topological polar surface area (TPSA) is 98.2 Å². The minimum Gasteiger partial charge on any atom is -0.369 e. The van der Waals surface area contributed by atoms with Gasteiger partial charge in [-0.3, -0.25) is 9.59 Å². The Labute approximate surface area is 123 Å². The first-order valence-corrected chi connectivity index (χ1v) is 6.71. The molecule has 1 aromatic carbocycles. The van der Waals surface area contributed by atoms with Crippen molar-refractivity contribution in [2.24, 2.45) is 11.5 Å². The Morgan fingerprint density at radius 1 is 1.29 bits per heavy atom. The Hall–Kier alpha value is -1.74. The normalized spacial score (nSPS) is 14.3. The van der Waals surface area contributed by atoms with Gasteiger partial charge in [-0.15, -0.1) is 11.8 Å². The number of thioether (sulfide) groups is 1. The Morgan fingerprint density at radius 3 is 2.38 bits per heavy atom. The quantitative estimate of drug-likeness (QED) is 0.716. The lowest BCUT2D eigenvalue weighted by Crippen LogP contribution is -2.59. The number of hydrogen-bond donors (Lipinski definition) is 3. The molecule has 5 nitrogen and oxygen atoms in total. The van der Waals surface area contributed by atoms with E-state index in [1.807, 2.05) is 0 Å². The maximum atomic E-state index is 12.7. The van der Waals surface area contributed by atoms with Crippen molar-refractivity contribution in [2.45, 2.75) is 23.5 Å². The van der Waals surface area contributed by atoms with E-state index in [2.05, 4.69) is 5.32 Å². The number of hydrogen-bond acceptors (Lipinski definition) is 4. The van der Waals surface area contributed by atoms with Gasteiger partial charge in [-0.05, 0) is 19.1 Å². The number of nitrogens with two attached hydrogens (primary N) is 2. The lowest BCUT2D eigenvalue weighted by Gasteiger charge is -2.26. The molecule has 1 aromatic rings. The highest BCUT2D eigenvalue weighted by Crippen LogP contribution is 2.31. The molecule has 2 amide bonds. The average Bonchev–Trinajstić information content (AvgIpc) is 2.36. The van der Waals surface area contributed by atoms with Gasteiger partial charge < -0.3 is 16.8 Å². The van der Waals surface area contributed by atoms with Crippen LogP contribution in [0.5, 0.6) is 0 Å². The highest BCUT2D eigenvalue weighted by Gasteiger charge is 2.54. The van der Waals surface area contributed by atoms with E-state index < -0.39 is 23.5 Å². The van der Waals surface area contributed by atoms with E-state index >= 15 is 0 Å². The van der Waals surface area contributed by atoms with Crippen molar-refractivity contribution < 1.29 is 22.8 Å². The van der Waals surface area contributed by atoms with E-state index in [1.54, 1.807) is 12.1 Å². The van der Waals surface area contributed by atoms with Gasteiger partial charge >= 0.3 is 6.18 Å². The molecular formula is C12H14F3N3O2S. The van der Waals surface area contributed by atoms with E-state index in [1.165, 1.54) is 12.1 Å². The summed E-state index contributed by atoms with van der Waals surface area (Å²) < 4.78 is 38.1. The predicted molar refractivity (Wildman–Crippen MR) is 73.6 cm³/mol. The summed E-state index contributed by atoms with van der Waals surface area (Å²) in [6.07, 6.45) is -4.88. The number of nitrogens with one attached hydrogen (secondary N) is 1. The van der Waals surface area contributed by atoms with Crippen LogP contribution in [-0.2, 0) is 9.59 Å². The summed E-state index contributed by atoms with van der Waals surface area (Å²) in [5, 5.41) is 2.12. The fourth-order valence-corrected chi connectivity index (χ4v) is 1.97. The van der Waals surface area contributed by atoms with Crippen LogP contribution in [0.15, 0.2) is 29.2 Å². The van der Waals surface area contributed by atoms with Crippen LogP contribution >= 0.6 is 11.8 Å². The number of anilines is 1. The minimum absolute atomic E-state index is 0.0634. The third-order valence-electron chi connectivity index (χ3n) is 2.57. The molecule has 1 rings (SSSR count). The van der Waals surface area contributed by atoms with Gasteiger partial charge in [0.05, 0.1) is 11.4 Å². The summed E-state index contributed by atoms with van der Waals surface area (Å²) in [4.78, 5) is 22.9. The van der Waals surface area contributed by atoms with Crippen molar-refractivity contribution in [2.75, 3.05) is 11.1 Å². The van der Waals surface area contributed by atoms with Gasteiger partial charge in [-0.25, -0.2) is 0 Å². The lowest BCUT2D eigenvalue weighted by atomic mass is 10.0. The average molecular weight is 321 g/mol. The molecule has 0 aliphatic carbocycles. The molecule has 0 heterocycles. The number of carbonyl (C=O) groups excluding carboxylic acids is 2. The number of amides is 2. The maximum Gasteiger partial charge on any atom is 0.415 e. The lowest BCUT2D eigenvalue weighted by molar-refractivity contribution is -0.184. The van der Waals surface area contributed by atoms with E-state index in [0.29, 0.717) is 11.8 Å². The Bertz CT molecular complexity index is 547. The maximum absolute atomic E-state index is 12.7. The summed E-state index contributed by atoms with van der Waals surface area (Å²) in [5.41, 5.74) is 7.16. The van der Waals surface area contributed by atoms with Crippen molar-refractivity contribution in [3.05, 3.63) is 24.3 Å². The molecule has 1 atom stereocenters. The number of halogens is 3. The molecule has 0 fully saturated rings. The standard InChI is InChI=1S/C12H14F3N3O2S/c1-11(17,12(13,14)15)10(20)18-7-4-2-3-5-8(7)21-6-9(16)19/h2-5H,6,17H2,1H3,(H2,16,19)(H,18,20). The van der Waals surface area contributed by atoms with Crippen LogP contribution in [-0.4, -0.2) is 29.3 Å². The summed E-state index contributed by atoms with van der Waals surface area (Å²) in [7, 11) is 0. The summed E-state index contributed by atoms with van der Waals surface area (Å²) in [6.45, 7) is 0.585. The molecule has 0 saturated heterocycles. The SMILES string of the molecule is CC(N)(C(=O)Nc1ccccc1SCC(N)=O)C(F)(F)F. The van der Waals surface area contributed by atoms with Crippen LogP contribution in [0.25, 0.3) is 0 Å². The minimum atomic E-state index is -4.88. The molecular weight excluding hydrogens is 307 g/mol. The van der Waals surface area contributed by atoms with E-state index in [4.69, 9.17) is 11.5 Å². The second-order valence-corrected chi connectivity index (χ2v) is 5.42. The fraction of sp³-hybridized carbons (Fsp3) is 0.333. The number of alkyl halides is 3. The number of rotatable bonds is 5. The zero-order chi connectivity index (χ0) is 16.3. The van der Waals surface area contributed by atoms with Crippen molar-refractivity contribution in [1.29, 1.82) is 0 Å². The van der Waals surface area contributed by atoms with Gasteiger partial charge in [-0.2, -0.15) is 13.2 Å². The highest BCUT2D eigenvalue weighted by atomic mass is 32.2. The van der Waals surface area contributed by atoms with Crippen molar-refractivity contribution >= 4 is 29.3 Å². The molecule has 0 aliphatic heterocycles. The summed E-state index contributed by atoms with van der Waals surface area (Å²) in [5.74, 6) is -2.03. The number of primary amides is 1. The third kappa shape index (κ3) is 4.36. The second-order valence-electron chi connectivity index (χ2n) is 4.41. The molecule has 0 aliphatic rings. The molecule has 5 N–H and O–H groups in total. The molecule has 116 valence electrons. The van der Waals surface area contributed by atoms with Gasteiger partial charge in [-0.1, -0.05) is 12.1 Å². The molecule has 0 radical (unpaired) electrons. The predicted octanol–water partition coefficient (Wildman–Crippen LogP) is 1.48.